The van der Waals surface area contributed by atoms with E-state index >= 15 is 0 Å². The van der Waals surface area contributed by atoms with E-state index < -0.39 is 0 Å². The zero-order valence-electron chi connectivity index (χ0n) is 6.56. The van der Waals surface area contributed by atoms with Crippen molar-refractivity contribution in [1.82, 2.24) is 0 Å². The van der Waals surface area contributed by atoms with Crippen LogP contribution in [0, 0.1) is 21.8 Å². The minimum absolute atomic E-state index is 0.497. The average molecular weight is 336 g/mol. The van der Waals surface area contributed by atoms with Crippen LogP contribution in [0.1, 0.15) is 11.1 Å². The smallest absolute Gasteiger partial charge is 0.0670 e. The number of benzene rings is 1. The van der Waals surface area contributed by atoms with Gasteiger partial charge in [-0.1, -0.05) is 15.9 Å². The number of nitriles is 1. The summed E-state index contributed by atoms with van der Waals surface area (Å²) < 4.78 is 2.23. The molecule has 0 aliphatic heterocycles. The van der Waals surface area contributed by atoms with Gasteiger partial charge in [0, 0.05) is 8.04 Å². The van der Waals surface area contributed by atoms with Crippen molar-refractivity contribution in [3.05, 3.63) is 31.3 Å². The molecule has 0 atom stereocenters. The number of aryl methyl sites for hydroxylation is 1. The Kier molecular flexibility index (Phi) is 3.53. The lowest BCUT2D eigenvalue weighted by Crippen LogP contribution is -1.91. The molecule has 1 aromatic rings. The number of nitrogens with zero attached hydrogens (tertiary/aromatic N) is 1. The number of hydrogen-bond acceptors (Lipinski definition) is 1. The average Bonchev–Trinajstić information content (AvgIpc) is 1.96. The Hall–Kier alpha value is -0.0800. The van der Waals surface area contributed by atoms with Crippen molar-refractivity contribution < 1.29 is 0 Å². The number of hydrogen-bond donors (Lipinski definition) is 0. The lowest BCUT2D eigenvalue weighted by atomic mass is 10.1. The van der Waals surface area contributed by atoms with Gasteiger partial charge in [0.05, 0.1) is 12.5 Å². The Morgan fingerprint density at radius 3 is 2.75 bits per heavy atom. The van der Waals surface area contributed by atoms with Gasteiger partial charge in [-0.15, -0.1) is 0 Å². The molecule has 1 aromatic carbocycles. The van der Waals surface area contributed by atoms with E-state index in [0.717, 1.165) is 13.6 Å². The quantitative estimate of drug-likeness (QED) is 0.721. The second-order valence-electron chi connectivity index (χ2n) is 2.52. The van der Waals surface area contributed by atoms with Crippen molar-refractivity contribution in [2.75, 3.05) is 0 Å². The SMILES string of the molecule is Cc1cc(Br)cc(I)c1CC#N. The van der Waals surface area contributed by atoms with Gasteiger partial charge in [-0.05, 0) is 52.8 Å². The molecule has 0 fully saturated rings. The third-order valence-electron chi connectivity index (χ3n) is 1.64. The zero-order chi connectivity index (χ0) is 9.14. The fourth-order valence-corrected chi connectivity index (χ4v) is 2.99. The minimum atomic E-state index is 0.497. The lowest BCUT2D eigenvalue weighted by molar-refractivity contribution is 1.19. The molecular formula is C9H7BrIN. The molecule has 0 amide bonds. The molecule has 62 valence electrons. The fraction of sp³-hybridized carbons (Fsp3) is 0.222. The van der Waals surface area contributed by atoms with Crippen LogP contribution < -0.4 is 0 Å². The molecule has 1 rings (SSSR count). The van der Waals surface area contributed by atoms with E-state index in [9.17, 15) is 0 Å². The van der Waals surface area contributed by atoms with E-state index in [1.807, 2.05) is 19.1 Å². The summed E-state index contributed by atoms with van der Waals surface area (Å²) in [5, 5.41) is 8.57. The van der Waals surface area contributed by atoms with Gasteiger partial charge in [0.25, 0.3) is 0 Å². The van der Waals surface area contributed by atoms with Crippen LogP contribution in [0.15, 0.2) is 16.6 Å². The van der Waals surface area contributed by atoms with E-state index in [4.69, 9.17) is 5.26 Å². The van der Waals surface area contributed by atoms with E-state index in [2.05, 4.69) is 44.6 Å². The van der Waals surface area contributed by atoms with Crippen LogP contribution in [-0.2, 0) is 6.42 Å². The molecule has 0 unspecified atom stereocenters. The van der Waals surface area contributed by atoms with Crippen LogP contribution in [0.2, 0.25) is 0 Å². The summed E-state index contributed by atoms with van der Waals surface area (Å²) in [7, 11) is 0. The van der Waals surface area contributed by atoms with E-state index in [0.29, 0.717) is 6.42 Å². The van der Waals surface area contributed by atoms with Gasteiger partial charge in [0.1, 0.15) is 0 Å². The largest absolute Gasteiger partial charge is 0.198 e. The molecule has 0 spiro atoms. The molecule has 1 nitrogen and oxygen atoms in total. The maximum absolute atomic E-state index is 8.57. The zero-order valence-corrected chi connectivity index (χ0v) is 10.3. The van der Waals surface area contributed by atoms with E-state index in [1.165, 1.54) is 5.56 Å². The highest BCUT2D eigenvalue weighted by Crippen LogP contribution is 2.22. The lowest BCUT2D eigenvalue weighted by Gasteiger charge is -2.04. The van der Waals surface area contributed by atoms with Crippen molar-refractivity contribution in [2.24, 2.45) is 0 Å². The standard InChI is InChI=1S/C9H7BrIN/c1-6-4-7(10)5-9(11)8(6)2-3-12/h4-5H,2H2,1H3. The van der Waals surface area contributed by atoms with Crippen LogP contribution >= 0.6 is 38.5 Å². The van der Waals surface area contributed by atoms with Crippen LogP contribution in [0.4, 0.5) is 0 Å². The van der Waals surface area contributed by atoms with Crippen molar-refractivity contribution in [3.63, 3.8) is 0 Å². The minimum Gasteiger partial charge on any atom is -0.198 e. The summed E-state index contributed by atoms with van der Waals surface area (Å²) in [5.74, 6) is 0. The Labute approximate surface area is 94.0 Å². The second kappa shape index (κ2) is 4.24. The predicted molar refractivity (Wildman–Crippen MR) is 60.9 cm³/mol. The summed E-state index contributed by atoms with van der Waals surface area (Å²) in [6, 6.07) is 6.23. The maximum Gasteiger partial charge on any atom is 0.0670 e. The first-order valence-corrected chi connectivity index (χ1v) is 5.34. The van der Waals surface area contributed by atoms with Crippen molar-refractivity contribution in [1.29, 1.82) is 5.26 Å². The Bertz CT molecular complexity index is 318. The highest BCUT2D eigenvalue weighted by molar-refractivity contribution is 14.1. The first-order valence-electron chi connectivity index (χ1n) is 3.46. The van der Waals surface area contributed by atoms with Gasteiger partial charge in [0.15, 0.2) is 0 Å². The first-order chi connectivity index (χ1) is 5.65. The van der Waals surface area contributed by atoms with Crippen molar-refractivity contribution >= 4 is 38.5 Å². The van der Waals surface area contributed by atoms with Crippen LogP contribution in [0.3, 0.4) is 0 Å². The molecule has 3 heteroatoms. The van der Waals surface area contributed by atoms with E-state index in [1.54, 1.807) is 0 Å². The second-order valence-corrected chi connectivity index (χ2v) is 4.60. The predicted octanol–water partition coefficient (Wildman–Crippen LogP) is 3.43. The molecule has 0 saturated carbocycles. The molecule has 0 aromatic heterocycles. The molecule has 0 radical (unpaired) electrons. The Balaban J connectivity index is 3.21. The van der Waals surface area contributed by atoms with Crippen molar-refractivity contribution in [3.8, 4) is 6.07 Å². The molecular weight excluding hydrogens is 329 g/mol. The third kappa shape index (κ3) is 2.20. The normalized spacial score (nSPS) is 9.50. The topological polar surface area (TPSA) is 23.8 Å². The van der Waals surface area contributed by atoms with Gasteiger partial charge in [0.2, 0.25) is 0 Å². The first kappa shape index (κ1) is 10.0. The third-order valence-corrected chi connectivity index (χ3v) is 3.06. The van der Waals surface area contributed by atoms with Crippen LogP contribution in [0.25, 0.3) is 0 Å². The molecule has 12 heavy (non-hydrogen) atoms. The fourth-order valence-electron chi connectivity index (χ4n) is 1.04. The number of halogens is 2. The summed E-state index contributed by atoms with van der Waals surface area (Å²) in [6.07, 6.45) is 0.497. The monoisotopic (exact) mass is 335 g/mol. The molecule has 0 heterocycles. The molecule has 0 N–H and O–H groups in total. The highest BCUT2D eigenvalue weighted by Gasteiger charge is 2.03. The Morgan fingerprint density at radius 1 is 1.58 bits per heavy atom. The van der Waals surface area contributed by atoms with Gasteiger partial charge < -0.3 is 0 Å². The van der Waals surface area contributed by atoms with Crippen LogP contribution in [-0.4, -0.2) is 0 Å². The van der Waals surface area contributed by atoms with Gasteiger partial charge in [-0.3, -0.25) is 0 Å². The van der Waals surface area contributed by atoms with Gasteiger partial charge in [-0.2, -0.15) is 5.26 Å². The Morgan fingerprint density at radius 2 is 2.25 bits per heavy atom. The van der Waals surface area contributed by atoms with Gasteiger partial charge >= 0.3 is 0 Å². The highest BCUT2D eigenvalue weighted by atomic mass is 127. The summed E-state index contributed by atoms with van der Waals surface area (Å²) in [5.41, 5.74) is 2.32. The van der Waals surface area contributed by atoms with E-state index in [-0.39, 0.29) is 0 Å². The number of rotatable bonds is 1. The molecule has 0 saturated heterocycles. The maximum atomic E-state index is 8.57. The molecule has 0 aliphatic rings. The summed E-state index contributed by atoms with van der Waals surface area (Å²) in [6.45, 7) is 2.03. The van der Waals surface area contributed by atoms with Gasteiger partial charge in [-0.25, -0.2) is 0 Å². The summed E-state index contributed by atoms with van der Waals surface area (Å²) >= 11 is 5.66. The van der Waals surface area contributed by atoms with Crippen LogP contribution in [0.5, 0.6) is 0 Å². The van der Waals surface area contributed by atoms with Crippen molar-refractivity contribution in [2.45, 2.75) is 13.3 Å². The molecule has 0 aliphatic carbocycles. The molecule has 0 bridgehead atoms. The summed E-state index contributed by atoms with van der Waals surface area (Å²) in [4.78, 5) is 0.